The Morgan fingerprint density at radius 2 is 0.497 bits per heavy atom. The fraction of sp³-hybridized carbons (Fsp3) is 0. The molecule has 9 nitrogen and oxygen atoms in total. The molecule has 0 unspecified atom stereocenters. The molecule has 23 aromatic carbocycles. The molecule has 10 heterocycles. The van der Waals surface area contributed by atoms with Crippen LogP contribution >= 0.6 is 11.3 Å². The summed E-state index contributed by atoms with van der Waals surface area (Å²) >= 11 is 1.88. The molecule has 0 spiro atoms. The van der Waals surface area contributed by atoms with E-state index in [0.717, 1.165) is 72.3 Å². The minimum Gasteiger partial charge on any atom is -0.309 e. The van der Waals surface area contributed by atoms with Crippen LogP contribution in [0.2, 0.25) is 0 Å². The number of nitrogens with zero attached hydrogens (tertiary/aromatic N) is 9. The first kappa shape index (κ1) is 80.8. The largest absolute Gasteiger partial charge is 0.309 e. The van der Waals surface area contributed by atoms with Gasteiger partial charge in [0.1, 0.15) is 16.9 Å². The van der Waals surface area contributed by atoms with Crippen LogP contribution in [0.4, 0.5) is 0 Å². The van der Waals surface area contributed by atoms with Gasteiger partial charge in [-0.3, -0.25) is 13.2 Å². The summed E-state index contributed by atoms with van der Waals surface area (Å²) in [4.78, 5) is 15.5. The molecule has 0 atom stereocenters. The number of fused-ring (bicyclic) bond motifs is 43. The molecular formula is C135H81N9S. The zero-order valence-corrected chi connectivity index (χ0v) is 79.0. The maximum atomic E-state index is 5.20. The van der Waals surface area contributed by atoms with Crippen LogP contribution in [-0.4, -0.2) is 41.9 Å². The molecular weight excluding hydrogens is 1780 g/mol. The number of para-hydroxylation sites is 11. The number of thiophene rings is 1. The quantitative estimate of drug-likeness (QED) is 0.149. The van der Waals surface area contributed by atoms with Gasteiger partial charge in [0, 0.05) is 118 Å². The molecule has 0 aliphatic rings. The minimum atomic E-state index is 0.989. The first-order valence-electron chi connectivity index (χ1n) is 49.6. The molecule has 33 rings (SSSR count). The molecule has 0 N–H and O–H groups in total. The van der Waals surface area contributed by atoms with Gasteiger partial charge < -0.3 is 13.7 Å². The lowest BCUT2D eigenvalue weighted by Crippen LogP contribution is -1.99. The van der Waals surface area contributed by atoms with Crippen LogP contribution < -0.4 is 0 Å². The zero-order valence-electron chi connectivity index (χ0n) is 78.2. The van der Waals surface area contributed by atoms with Crippen molar-refractivity contribution in [3.05, 3.63) is 491 Å². The Labute approximate surface area is 833 Å². The standard InChI is InChI=1S/C47H28N4.C47H29N3.C41H24N2S/c1-2-13-30(14-3-1)49-40-19-9-6-16-33(40)35-25-26-36-34-17-7-10-20-41(34)50(46(36)45(35)49)31-23-27-42-38(28-31)44-32-15-5-4-12-29(32)22-24-37(44)47-48-39-18-8-11-21-43(39)51(42)47;1-2-11-35(12-3-1)49-42-16-8-6-14-37(42)39-28-33(23-26-43(39)49)30-18-20-31(21-19-30)34-24-27-44-40(29-34)46-36-13-5-4-10-32(36)22-25-38(46)47-48-41-15-7-9-17-45(41)50(44)47;1-2-12-29-25(9-1)19-21-33-39(29)34-24-27(20-22-36(34)43-37-17-5-4-16-35(37)42-41(33)43)26-10-7-11-28(23-26)30-14-8-15-32-31-13-3-6-18-38(31)44-40(30)32/h1-28H;1-29H;1-24H. The van der Waals surface area contributed by atoms with Gasteiger partial charge in [-0.2, -0.15) is 0 Å². The van der Waals surface area contributed by atoms with E-state index in [2.05, 4.69) is 518 Å². The van der Waals surface area contributed by atoms with Crippen molar-refractivity contribution in [2.45, 2.75) is 0 Å². The Morgan fingerprint density at radius 3 is 0.993 bits per heavy atom. The Bertz CT molecular complexity index is 11300. The summed E-state index contributed by atoms with van der Waals surface area (Å²) in [6, 6.07) is 179. The summed E-state index contributed by atoms with van der Waals surface area (Å²) in [5, 5.41) is 28.5. The van der Waals surface area contributed by atoms with Crippen molar-refractivity contribution in [1.82, 2.24) is 41.9 Å². The normalized spacial score (nSPS) is 12.1. The van der Waals surface area contributed by atoms with Crippen LogP contribution in [0.15, 0.2) is 491 Å². The van der Waals surface area contributed by atoms with E-state index >= 15 is 0 Å². The van der Waals surface area contributed by atoms with Gasteiger partial charge in [0.05, 0.1) is 82.8 Å². The van der Waals surface area contributed by atoms with Crippen LogP contribution in [-0.2, 0) is 0 Å². The highest BCUT2D eigenvalue weighted by Crippen LogP contribution is 2.49. The van der Waals surface area contributed by atoms with Crippen molar-refractivity contribution in [3.63, 3.8) is 0 Å². The smallest absolute Gasteiger partial charge is 0.146 e. The second-order valence-electron chi connectivity index (χ2n) is 38.3. The summed E-state index contributed by atoms with van der Waals surface area (Å²) in [6.07, 6.45) is 0. The van der Waals surface area contributed by atoms with Gasteiger partial charge in [0.15, 0.2) is 0 Å². The first-order valence-corrected chi connectivity index (χ1v) is 50.4. The van der Waals surface area contributed by atoms with E-state index in [1.165, 1.54) is 222 Å². The highest BCUT2D eigenvalue weighted by Gasteiger charge is 2.27. The molecule has 0 bridgehead atoms. The minimum absolute atomic E-state index is 0.989. The third-order valence-corrected chi connectivity index (χ3v) is 31.8. The second kappa shape index (κ2) is 31.7. The molecule has 145 heavy (non-hydrogen) atoms. The average molecular weight is 1860 g/mol. The number of pyridine rings is 3. The Balaban J connectivity index is 0.0000000993. The van der Waals surface area contributed by atoms with Crippen LogP contribution in [0.25, 0.3) is 295 Å². The van der Waals surface area contributed by atoms with E-state index in [9.17, 15) is 0 Å². The number of aromatic nitrogens is 9. The van der Waals surface area contributed by atoms with Crippen LogP contribution in [0.5, 0.6) is 0 Å². The molecule has 33 aromatic rings. The molecule has 0 radical (unpaired) electrons. The maximum Gasteiger partial charge on any atom is 0.146 e. The molecule has 0 fully saturated rings. The van der Waals surface area contributed by atoms with Crippen molar-refractivity contribution < 1.29 is 0 Å². The third-order valence-electron chi connectivity index (χ3n) is 30.6. The van der Waals surface area contributed by atoms with Crippen molar-refractivity contribution in [3.8, 4) is 61.6 Å². The molecule has 0 saturated heterocycles. The summed E-state index contributed by atoms with van der Waals surface area (Å²) in [6.45, 7) is 0. The number of imidazole rings is 3. The van der Waals surface area contributed by atoms with E-state index < -0.39 is 0 Å². The maximum absolute atomic E-state index is 5.20. The summed E-state index contributed by atoms with van der Waals surface area (Å²) in [5.74, 6) is 0. The molecule has 0 saturated carbocycles. The van der Waals surface area contributed by atoms with Crippen LogP contribution in [0, 0.1) is 0 Å². The number of rotatable bonds is 7. The highest BCUT2D eigenvalue weighted by molar-refractivity contribution is 7.26. The number of benzene rings is 23. The Morgan fingerprint density at radius 1 is 0.166 bits per heavy atom. The van der Waals surface area contributed by atoms with E-state index in [0.29, 0.717) is 0 Å². The topological polar surface area (TPSA) is 66.7 Å². The third kappa shape index (κ3) is 12.2. The van der Waals surface area contributed by atoms with Crippen LogP contribution in [0.3, 0.4) is 0 Å². The van der Waals surface area contributed by atoms with Gasteiger partial charge in [0.2, 0.25) is 0 Å². The fourth-order valence-electron chi connectivity index (χ4n) is 24.2. The first-order chi connectivity index (χ1) is 71.9. The van der Waals surface area contributed by atoms with Crippen molar-refractivity contribution in [2.75, 3.05) is 0 Å². The molecule has 10 heteroatoms. The van der Waals surface area contributed by atoms with Crippen molar-refractivity contribution >= 4 is 244 Å². The zero-order chi connectivity index (χ0) is 94.7. The average Bonchev–Trinajstić information content (AvgIpc) is 1.54. The lowest BCUT2D eigenvalue weighted by Gasteiger charge is -2.15. The van der Waals surface area contributed by atoms with Gasteiger partial charge in [-0.25, -0.2) is 15.0 Å². The SMILES string of the molecule is c1cc(-c2ccc3c(c2)c2c4ccccc4ccc2c2nc4ccccc4n32)cc(-c2cccc3c2sc2ccccc23)c1.c1ccc(-n2c3ccccc3c3cc(-c4ccc(-c5ccc6c(c5)c5c7ccccc7ccc5c5nc7ccccc7n65)cc4)ccc32)cc1.c1ccc(-n2c3ccccc3c3ccc4c5ccccc5n(-c5ccc6c(c5)c5c7ccccc7ccc5c5nc7ccccc7n65)c4c32)cc1. The Kier molecular flexibility index (Phi) is 17.7. The fourth-order valence-corrected chi connectivity index (χ4v) is 25.4. The Hall–Kier alpha value is -19.1. The highest BCUT2D eigenvalue weighted by atomic mass is 32.1. The van der Waals surface area contributed by atoms with Crippen molar-refractivity contribution in [1.29, 1.82) is 0 Å². The number of hydrogen-bond acceptors (Lipinski definition) is 4. The summed E-state index contributed by atoms with van der Waals surface area (Å²) < 4.78 is 17.0. The van der Waals surface area contributed by atoms with Gasteiger partial charge in [-0.1, -0.05) is 328 Å². The molecule has 0 amide bonds. The van der Waals surface area contributed by atoms with Gasteiger partial charge in [-0.05, 0) is 241 Å². The lowest BCUT2D eigenvalue weighted by atomic mass is 9.94. The van der Waals surface area contributed by atoms with Crippen molar-refractivity contribution in [2.24, 2.45) is 0 Å². The molecule has 0 aliphatic heterocycles. The summed E-state index contributed by atoms with van der Waals surface area (Å²) in [7, 11) is 0. The van der Waals surface area contributed by atoms with E-state index in [-0.39, 0.29) is 0 Å². The van der Waals surface area contributed by atoms with Gasteiger partial charge in [-0.15, -0.1) is 11.3 Å². The monoisotopic (exact) mass is 1860 g/mol. The van der Waals surface area contributed by atoms with E-state index in [4.69, 9.17) is 15.0 Å². The second-order valence-corrected chi connectivity index (χ2v) is 39.4. The van der Waals surface area contributed by atoms with Gasteiger partial charge in [0.25, 0.3) is 0 Å². The predicted molar refractivity (Wildman–Crippen MR) is 613 cm³/mol. The van der Waals surface area contributed by atoms with Crippen LogP contribution in [0.1, 0.15) is 0 Å². The van der Waals surface area contributed by atoms with E-state index in [1.54, 1.807) is 0 Å². The number of hydrogen-bond donors (Lipinski definition) is 0. The predicted octanol–water partition coefficient (Wildman–Crippen LogP) is 36.2. The lowest BCUT2D eigenvalue weighted by molar-refractivity contribution is 1.15. The molecule has 672 valence electrons. The molecule has 10 aromatic heterocycles. The summed E-state index contributed by atoms with van der Waals surface area (Å²) in [5.41, 5.74) is 33.4. The molecule has 0 aliphatic carbocycles. The van der Waals surface area contributed by atoms with Gasteiger partial charge >= 0.3 is 0 Å². The van der Waals surface area contributed by atoms with E-state index in [1.807, 2.05) is 11.3 Å².